The van der Waals surface area contributed by atoms with E-state index < -0.39 is 0 Å². The Kier molecular flexibility index (Phi) is 4.83. The van der Waals surface area contributed by atoms with Gasteiger partial charge >= 0.3 is 0 Å². The lowest BCUT2D eigenvalue weighted by molar-refractivity contribution is -0.160. The number of likely N-dealkylation sites (tertiary alicyclic amines) is 1. The fourth-order valence-corrected chi connectivity index (χ4v) is 5.08. The Morgan fingerprint density at radius 3 is 2.47 bits per heavy atom. The fraction of sp³-hybridized carbons (Fsp3) is 0.480. The lowest BCUT2D eigenvalue weighted by atomic mass is 9.85. The van der Waals surface area contributed by atoms with Gasteiger partial charge in [0.15, 0.2) is 0 Å². The predicted octanol–water partition coefficient (Wildman–Crippen LogP) is 3.23. The molecule has 2 aliphatic heterocycles. The van der Waals surface area contributed by atoms with Crippen LogP contribution < -0.4 is 4.74 Å². The molecular formula is C25H30N2O3. The van der Waals surface area contributed by atoms with E-state index in [2.05, 4.69) is 42.3 Å². The van der Waals surface area contributed by atoms with E-state index in [9.17, 15) is 4.79 Å². The molecule has 5 rings (SSSR count). The molecule has 1 unspecified atom stereocenters. The van der Waals surface area contributed by atoms with Crippen LogP contribution in [0, 0.1) is 0 Å². The molecule has 1 aliphatic carbocycles. The van der Waals surface area contributed by atoms with Gasteiger partial charge in [0.1, 0.15) is 11.4 Å². The SMILES string of the molecule is COc1ccc(C2(C(=O)N3CC4(CC(N(C)Cc5ccccc5)CO4)C3)CC2)cc1. The van der Waals surface area contributed by atoms with Crippen LogP contribution in [0.3, 0.4) is 0 Å². The zero-order chi connectivity index (χ0) is 20.8. The Morgan fingerprint density at radius 2 is 1.83 bits per heavy atom. The second-order valence-corrected chi connectivity index (χ2v) is 9.22. The smallest absolute Gasteiger partial charge is 0.233 e. The molecule has 158 valence electrons. The molecule has 0 bridgehead atoms. The van der Waals surface area contributed by atoms with E-state index in [1.54, 1.807) is 7.11 Å². The van der Waals surface area contributed by atoms with Crippen molar-refractivity contribution in [2.75, 3.05) is 33.9 Å². The Hall–Kier alpha value is -2.37. The first-order chi connectivity index (χ1) is 14.5. The number of hydrogen-bond donors (Lipinski definition) is 0. The van der Waals surface area contributed by atoms with Gasteiger partial charge in [-0.2, -0.15) is 0 Å². The highest BCUT2D eigenvalue weighted by molar-refractivity contribution is 5.92. The van der Waals surface area contributed by atoms with E-state index in [1.807, 2.05) is 29.2 Å². The molecule has 2 heterocycles. The normalized spacial score (nSPS) is 23.4. The maximum Gasteiger partial charge on any atom is 0.233 e. The summed E-state index contributed by atoms with van der Waals surface area (Å²) in [4.78, 5) is 17.7. The molecule has 5 heteroatoms. The molecule has 5 nitrogen and oxygen atoms in total. The molecule has 2 saturated heterocycles. The topological polar surface area (TPSA) is 42.0 Å². The average Bonchev–Trinajstić information content (AvgIpc) is 3.44. The molecule has 1 spiro atoms. The molecule has 3 aliphatic rings. The maximum atomic E-state index is 13.3. The number of nitrogens with zero attached hydrogens (tertiary/aromatic N) is 2. The molecule has 3 fully saturated rings. The lowest BCUT2D eigenvalue weighted by Gasteiger charge is -2.48. The van der Waals surface area contributed by atoms with E-state index in [0.717, 1.165) is 56.8 Å². The van der Waals surface area contributed by atoms with Crippen molar-refractivity contribution in [1.82, 2.24) is 9.80 Å². The number of hydrogen-bond acceptors (Lipinski definition) is 4. The number of methoxy groups -OCH3 is 1. The summed E-state index contributed by atoms with van der Waals surface area (Å²) in [5.74, 6) is 1.10. The van der Waals surface area contributed by atoms with Crippen LogP contribution in [0.5, 0.6) is 5.75 Å². The van der Waals surface area contributed by atoms with Gasteiger partial charge in [-0.05, 0) is 49.6 Å². The van der Waals surface area contributed by atoms with Crippen LogP contribution in [0.2, 0.25) is 0 Å². The van der Waals surface area contributed by atoms with E-state index in [-0.39, 0.29) is 16.9 Å². The number of benzene rings is 2. The minimum Gasteiger partial charge on any atom is -0.497 e. The number of ether oxygens (including phenoxy) is 2. The third-order valence-electron chi connectivity index (χ3n) is 7.13. The molecule has 1 amide bonds. The summed E-state index contributed by atoms with van der Waals surface area (Å²) < 4.78 is 11.5. The lowest BCUT2D eigenvalue weighted by Crippen LogP contribution is -2.65. The largest absolute Gasteiger partial charge is 0.497 e. The minimum absolute atomic E-state index is 0.152. The Bertz CT molecular complexity index is 902. The van der Waals surface area contributed by atoms with Crippen LogP contribution in [-0.2, 0) is 21.5 Å². The highest BCUT2D eigenvalue weighted by Gasteiger charge is 2.59. The summed E-state index contributed by atoms with van der Waals surface area (Å²) >= 11 is 0. The van der Waals surface area contributed by atoms with Crippen molar-refractivity contribution in [3.05, 3.63) is 65.7 Å². The summed E-state index contributed by atoms with van der Waals surface area (Å²) in [5.41, 5.74) is 1.96. The fourth-order valence-electron chi connectivity index (χ4n) is 5.08. The van der Waals surface area contributed by atoms with Crippen molar-refractivity contribution < 1.29 is 14.3 Å². The number of amides is 1. The van der Waals surface area contributed by atoms with Crippen molar-refractivity contribution in [1.29, 1.82) is 0 Å². The monoisotopic (exact) mass is 406 g/mol. The van der Waals surface area contributed by atoms with Crippen LogP contribution in [-0.4, -0.2) is 61.2 Å². The van der Waals surface area contributed by atoms with Gasteiger partial charge in [0.05, 0.1) is 32.2 Å². The summed E-state index contributed by atoms with van der Waals surface area (Å²) in [5, 5.41) is 0. The second-order valence-electron chi connectivity index (χ2n) is 9.22. The van der Waals surface area contributed by atoms with Crippen LogP contribution in [0.1, 0.15) is 30.4 Å². The van der Waals surface area contributed by atoms with Crippen molar-refractivity contribution >= 4 is 5.91 Å². The van der Waals surface area contributed by atoms with Crippen LogP contribution in [0.4, 0.5) is 0 Å². The highest BCUT2D eigenvalue weighted by atomic mass is 16.5. The predicted molar refractivity (Wildman–Crippen MR) is 115 cm³/mol. The molecule has 0 radical (unpaired) electrons. The van der Waals surface area contributed by atoms with E-state index in [1.165, 1.54) is 5.56 Å². The number of carbonyl (C=O) groups excluding carboxylic acids is 1. The summed E-state index contributed by atoms with van der Waals surface area (Å²) in [6.07, 6.45) is 2.87. The first-order valence-corrected chi connectivity index (χ1v) is 10.9. The van der Waals surface area contributed by atoms with E-state index in [0.29, 0.717) is 6.04 Å². The Labute approximate surface area is 178 Å². The van der Waals surface area contributed by atoms with Crippen molar-refractivity contribution in [2.24, 2.45) is 0 Å². The van der Waals surface area contributed by atoms with Crippen LogP contribution in [0.25, 0.3) is 0 Å². The number of likely N-dealkylation sites (N-methyl/N-ethyl adjacent to an activating group) is 1. The highest BCUT2D eigenvalue weighted by Crippen LogP contribution is 2.51. The van der Waals surface area contributed by atoms with Crippen LogP contribution in [0.15, 0.2) is 54.6 Å². The van der Waals surface area contributed by atoms with Gasteiger partial charge < -0.3 is 14.4 Å². The van der Waals surface area contributed by atoms with Gasteiger partial charge in [0.25, 0.3) is 0 Å². The first kappa shape index (κ1) is 19.6. The Morgan fingerprint density at radius 1 is 1.13 bits per heavy atom. The minimum atomic E-state index is -0.323. The third-order valence-corrected chi connectivity index (χ3v) is 7.13. The molecule has 0 N–H and O–H groups in total. The van der Waals surface area contributed by atoms with Gasteiger partial charge in [-0.15, -0.1) is 0 Å². The molecule has 2 aromatic carbocycles. The summed E-state index contributed by atoms with van der Waals surface area (Å²) in [6.45, 7) is 3.11. The van der Waals surface area contributed by atoms with Crippen molar-refractivity contribution in [3.8, 4) is 5.75 Å². The number of rotatable bonds is 6. The molecule has 2 aromatic rings. The van der Waals surface area contributed by atoms with Crippen molar-refractivity contribution in [3.63, 3.8) is 0 Å². The van der Waals surface area contributed by atoms with Gasteiger partial charge in [-0.25, -0.2) is 0 Å². The van der Waals surface area contributed by atoms with Gasteiger partial charge in [0.2, 0.25) is 5.91 Å². The van der Waals surface area contributed by atoms with Gasteiger partial charge in [-0.3, -0.25) is 9.69 Å². The van der Waals surface area contributed by atoms with E-state index in [4.69, 9.17) is 9.47 Å². The zero-order valence-corrected chi connectivity index (χ0v) is 17.8. The van der Waals surface area contributed by atoms with Crippen molar-refractivity contribution in [2.45, 2.75) is 42.9 Å². The molecule has 1 saturated carbocycles. The molecule has 0 aromatic heterocycles. The number of carbonyl (C=O) groups is 1. The standard InChI is InChI=1S/C25H30N2O3/c1-26(15-19-6-4-3-5-7-19)21-14-24(30-16-21)17-27(18-24)23(28)25(12-13-25)20-8-10-22(29-2)11-9-20/h3-11,21H,12-18H2,1-2H3. The van der Waals surface area contributed by atoms with E-state index >= 15 is 0 Å². The maximum absolute atomic E-state index is 13.3. The second kappa shape index (κ2) is 7.40. The summed E-state index contributed by atoms with van der Waals surface area (Å²) in [7, 11) is 3.84. The Balaban J connectivity index is 1.18. The van der Waals surface area contributed by atoms with Gasteiger partial charge in [-0.1, -0.05) is 42.5 Å². The zero-order valence-electron chi connectivity index (χ0n) is 17.8. The molecule has 1 atom stereocenters. The average molecular weight is 407 g/mol. The van der Waals surface area contributed by atoms with Crippen LogP contribution >= 0.6 is 0 Å². The quantitative estimate of drug-likeness (QED) is 0.739. The third kappa shape index (κ3) is 3.40. The molecular weight excluding hydrogens is 376 g/mol. The summed E-state index contributed by atoms with van der Waals surface area (Å²) in [6, 6.07) is 18.9. The molecule has 30 heavy (non-hydrogen) atoms. The van der Waals surface area contributed by atoms with Gasteiger partial charge in [0, 0.05) is 12.6 Å². The first-order valence-electron chi connectivity index (χ1n) is 10.9.